The molecular weight excluding hydrogens is 304 g/mol. The van der Waals surface area contributed by atoms with Crippen molar-refractivity contribution in [1.82, 2.24) is 0 Å². The third-order valence-corrected chi connectivity index (χ3v) is 4.38. The molecule has 2 saturated heterocycles. The monoisotopic (exact) mass is 326 g/mol. The van der Waals surface area contributed by atoms with Crippen LogP contribution in [0.1, 0.15) is 0 Å². The first-order valence-corrected chi connectivity index (χ1v) is 6.90. The zero-order chi connectivity index (χ0) is 16.7. The van der Waals surface area contributed by atoms with Crippen molar-refractivity contribution in [3.63, 3.8) is 0 Å². The van der Waals surface area contributed by atoms with E-state index in [2.05, 4.69) is 0 Å². The maximum Gasteiger partial charge on any atom is 0.149 e. The van der Waals surface area contributed by atoms with Gasteiger partial charge in [0.15, 0.2) is 0 Å². The standard InChI is InChI=1S/C12H22O10/c13-1-4-6(16)8(18)9(19)11(21-4)12(3-15)10(20)7(17)5(2-14)22-12/h4-11,13-20H,1-3H2/t4-,5-,6-,7-,8+,9-,10+,11?,12+/m1/s1. The highest BCUT2D eigenvalue weighted by molar-refractivity contribution is 5.11. The Hall–Kier alpha value is -0.400. The average molecular weight is 326 g/mol. The summed E-state index contributed by atoms with van der Waals surface area (Å²) in [5.74, 6) is 0. The molecule has 0 spiro atoms. The largest absolute Gasteiger partial charge is 0.394 e. The normalized spacial score (nSPS) is 52.9. The van der Waals surface area contributed by atoms with Crippen molar-refractivity contribution < 1.29 is 50.3 Å². The topological polar surface area (TPSA) is 180 Å². The van der Waals surface area contributed by atoms with Gasteiger partial charge in [0.1, 0.15) is 54.4 Å². The minimum Gasteiger partial charge on any atom is -0.394 e. The van der Waals surface area contributed by atoms with Crippen molar-refractivity contribution in [2.45, 2.75) is 54.4 Å². The highest BCUT2D eigenvalue weighted by atomic mass is 16.6. The van der Waals surface area contributed by atoms with Gasteiger partial charge in [-0.05, 0) is 0 Å². The third kappa shape index (κ3) is 2.55. The Morgan fingerprint density at radius 1 is 0.727 bits per heavy atom. The van der Waals surface area contributed by atoms with Crippen LogP contribution in [-0.2, 0) is 9.47 Å². The van der Waals surface area contributed by atoms with Gasteiger partial charge in [0.05, 0.1) is 19.8 Å². The van der Waals surface area contributed by atoms with Crippen molar-refractivity contribution in [2.75, 3.05) is 19.8 Å². The summed E-state index contributed by atoms with van der Waals surface area (Å²) in [5.41, 5.74) is -2.03. The summed E-state index contributed by atoms with van der Waals surface area (Å²) in [6, 6.07) is 0. The van der Waals surface area contributed by atoms with Crippen LogP contribution in [0.2, 0.25) is 0 Å². The van der Waals surface area contributed by atoms with Gasteiger partial charge in [-0.1, -0.05) is 0 Å². The van der Waals surface area contributed by atoms with Gasteiger partial charge in [0, 0.05) is 0 Å². The summed E-state index contributed by atoms with van der Waals surface area (Å²) in [7, 11) is 0. The molecule has 10 nitrogen and oxygen atoms in total. The molecule has 0 aliphatic carbocycles. The van der Waals surface area contributed by atoms with E-state index in [0.29, 0.717) is 0 Å². The van der Waals surface area contributed by atoms with Gasteiger partial charge in [0.2, 0.25) is 0 Å². The smallest absolute Gasteiger partial charge is 0.149 e. The molecule has 0 radical (unpaired) electrons. The number of aliphatic hydroxyl groups excluding tert-OH is 8. The van der Waals surface area contributed by atoms with E-state index in [4.69, 9.17) is 19.7 Å². The molecule has 9 atom stereocenters. The van der Waals surface area contributed by atoms with E-state index in [1.807, 2.05) is 0 Å². The fourth-order valence-electron chi connectivity index (χ4n) is 3.02. The van der Waals surface area contributed by atoms with Crippen LogP contribution < -0.4 is 0 Å². The number of hydrogen-bond acceptors (Lipinski definition) is 10. The molecule has 0 amide bonds. The zero-order valence-corrected chi connectivity index (χ0v) is 11.6. The molecule has 2 aliphatic rings. The molecule has 2 fully saturated rings. The van der Waals surface area contributed by atoms with Gasteiger partial charge in [-0.25, -0.2) is 0 Å². The van der Waals surface area contributed by atoms with Gasteiger partial charge in [-0.2, -0.15) is 0 Å². The number of hydrogen-bond donors (Lipinski definition) is 8. The predicted molar refractivity (Wildman–Crippen MR) is 67.6 cm³/mol. The van der Waals surface area contributed by atoms with E-state index in [1.54, 1.807) is 0 Å². The van der Waals surface area contributed by atoms with Crippen LogP contribution in [0.5, 0.6) is 0 Å². The summed E-state index contributed by atoms with van der Waals surface area (Å²) < 4.78 is 10.6. The minimum atomic E-state index is -2.03. The Kier molecular flexibility index (Phi) is 5.39. The van der Waals surface area contributed by atoms with Gasteiger partial charge in [0.25, 0.3) is 0 Å². The van der Waals surface area contributed by atoms with Crippen LogP contribution in [0, 0.1) is 0 Å². The maximum atomic E-state index is 10.1. The Labute approximate surface area is 125 Å². The fourth-order valence-corrected chi connectivity index (χ4v) is 3.02. The second kappa shape index (κ2) is 6.61. The highest BCUT2D eigenvalue weighted by Crippen LogP contribution is 2.39. The molecule has 22 heavy (non-hydrogen) atoms. The van der Waals surface area contributed by atoms with Crippen molar-refractivity contribution in [3.05, 3.63) is 0 Å². The molecule has 8 N–H and O–H groups in total. The van der Waals surface area contributed by atoms with E-state index in [-0.39, 0.29) is 0 Å². The fraction of sp³-hybridized carbons (Fsp3) is 1.00. The second-order valence-corrected chi connectivity index (χ2v) is 5.64. The summed E-state index contributed by atoms with van der Waals surface area (Å²) in [6.07, 6.45) is -12.4. The van der Waals surface area contributed by atoms with Crippen LogP contribution in [0.3, 0.4) is 0 Å². The number of aliphatic hydroxyl groups is 8. The predicted octanol–water partition coefficient (Wildman–Crippen LogP) is -5.33. The molecular formula is C12H22O10. The number of rotatable bonds is 4. The molecule has 0 aromatic rings. The lowest BCUT2D eigenvalue weighted by Gasteiger charge is -2.47. The summed E-state index contributed by atoms with van der Waals surface area (Å²) in [5, 5.41) is 77.5. The van der Waals surface area contributed by atoms with E-state index in [1.165, 1.54) is 0 Å². The zero-order valence-electron chi connectivity index (χ0n) is 11.6. The lowest BCUT2D eigenvalue weighted by Crippen LogP contribution is -2.69. The summed E-state index contributed by atoms with van der Waals surface area (Å²) in [4.78, 5) is 0. The minimum absolute atomic E-state index is 0.655. The molecule has 10 heteroatoms. The van der Waals surface area contributed by atoms with Crippen LogP contribution in [-0.4, -0.2) is 115 Å². The Morgan fingerprint density at radius 3 is 1.77 bits per heavy atom. The van der Waals surface area contributed by atoms with Crippen LogP contribution >= 0.6 is 0 Å². The molecule has 0 aromatic heterocycles. The first-order valence-electron chi connectivity index (χ1n) is 6.90. The van der Waals surface area contributed by atoms with Crippen LogP contribution in [0.25, 0.3) is 0 Å². The molecule has 130 valence electrons. The summed E-state index contributed by atoms with van der Waals surface area (Å²) in [6.45, 7) is -2.24. The lowest BCUT2D eigenvalue weighted by atomic mass is 9.81. The molecule has 0 bridgehead atoms. The second-order valence-electron chi connectivity index (χ2n) is 5.64. The average Bonchev–Trinajstić information content (AvgIpc) is 2.78. The van der Waals surface area contributed by atoms with E-state index >= 15 is 0 Å². The van der Waals surface area contributed by atoms with Gasteiger partial charge >= 0.3 is 0 Å². The quantitative estimate of drug-likeness (QED) is 0.248. The Morgan fingerprint density at radius 2 is 1.32 bits per heavy atom. The third-order valence-electron chi connectivity index (χ3n) is 4.38. The molecule has 1 unspecified atom stereocenters. The van der Waals surface area contributed by atoms with Gasteiger partial charge < -0.3 is 50.3 Å². The van der Waals surface area contributed by atoms with E-state index in [9.17, 15) is 30.6 Å². The summed E-state index contributed by atoms with van der Waals surface area (Å²) >= 11 is 0. The molecule has 0 saturated carbocycles. The van der Waals surface area contributed by atoms with Crippen LogP contribution in [0.15, 0.2) is 0 Å². The van der Waals surface area contributed by atoms with E-state index < -0.39 is 74.3 Å². The van der Waals surface area contributed by atoms with Crippen molar-refractivity contribution in [3.8, 4) is 0 Å². The highest BCUT2D eigenvalue weighted by Gasteiger charge is 2.63. The molecule has 2 heterocycles. The molecule has 0 aromatic carbocycles. The Balaban J connectivity index is 2.33. The van der Waals surface area contributed by atoms with Crippen molar-refractivity contribution >= 4 is 0 Å². The lowest BCUT2D eigenvalue weighted by molar-refractivity contribution is -0.291. The first kappa shape index (κ1) is 17.9. The van der Waals surface area contributed by atoms with Crippen molar-refractivity contribution in [2.24, 2.45) is 0 Å². The SMILES string of the molecule is OC[C@H]1O[C@](CO)(C2O[C@H](CO)[C@@H](O)[C@H](O)[C@H]2O)[C@@H](O)[C@@H]1O. The molecule has 2 rings (SSSR count). The first-order chi connectivity index (χ1) is 10.3. The van der Waals surface area contributed by atoms with Gasteiger partial charge in [-0.15, -0.1) is 0 Å². The van der Waals surface area contributed by atoms with Gasteiger partial charge in [-0.3, -0.25) is 0 Å². The molecule has 2 aliphatic heterocycles. The van der Waals surface area contributed by atoms with Crippen LogP contribution in [0.4, 0.5) is 0 Å². The maximum absolute atomic E-state index is 10.1. The Bertz CT molecular complexity index is 379. The van der Waals surface area contributed by atoms with E-state index in [0.717, 1.165) is 0 Å². The number of ether oxygens (including phenoxy) is 2. The van der Waals surface area contributed by atoms with Crippen molar-refractivity contribution in [1.29, 1.82) is 0 Å².